The number of likely N-dealkylation sites (tertiary alicyclic amines) is 1. The topological polar surface area (TPSA) is 113 Å². The van der Waals surface area contributed by atoms with Gasteiger partial charge < -0.3 is 20.1 Å². The lowest BCUT2D eigenvalue weighted by molar-refractivity contribution is -0.149. The van der Waals surface area contributed by atoms with Crippen LogP contribution in [0.4, 0.5) is 4.79 Å². The molecule has 9 heteroatoms. The van der Waals surface area contributed by atoms with Gasteiger partial charge >= 0.3 is 12.1 Å². The number of carbonyl (C=O) groups excluding carboxylic acids is 3. The SMILES string of the molecule is C#CCNC(=O)O[C@@H]1C[C@@H](C(=O)O)N(C(=O)C(C)CSC(C)=O)C1. The minimum absolute atomic E-state index is 0.00411. The molecule has 0 aromatic rings. The maximum absolute atomic E-state index is 12.4. The number of carboxylic acid groups (broad SMARTS) is 1. The molecule has 0 aromatic heterocycles. The van der Waals surface area contributed by atoms with E-state index < -0.39 is 30.1 Å². The van der Waals surface area contributed by atoms with Crippen molar-refractivity contribution in [1.29, 1.82) is 0 Å². The highest BCUT2D eigenvalue weighted by atomic mass is 32.2. The third kappa shape index (κ3) is 5.77. The zero-order valence-corrected chi connectivity index (χ0v) is 14.3. The molecule has 2 N–H and O–H groups in total. The summed E-state index contributed by atoms with van der Waals surface area (Å²) in [5.41, 5.74) is 0. The molecule has 24 heavy (non-hydrogen) atoms. The van der Waals surface area contributed by atoms with Gasteiger partial charge in [0.25, 0.3) is 0 Å². The Morgan fingerprint density at radius 2 is 2.12 bits per heavy atom. The largest absolute Gasteiger partial charge is 0.480 e. The Bertz CT molecular complexity index is 559. The van der Waals surface area contributed by atoms with Crippen LogP contribution in [0.3, 0.4) is 0 Å². The summed E-state index contributed by atoms with van der Waals surface area (Å²) < 4.78 is 5.09. The molecular weight excluding hydrogens is 336 g/mol. The van der Waals surface area contributed by atoms with E-state index in [9.17, 15) is 24.3 Å². The predicted octanol–water partition coefficient (Wildman–Crippen LogP) is 0.316. The van der Waals surface area contributed by atoms with Crippen molar-refractivity contribution in [3.8, 4) is 12.3 Å². The Hall–Kier alpha value is -2.21. The first-order valence-electron chi connectivity index (χ1n) is 7.30. The number of nitrogens with zero attached hydrogens (tertiary/aromatic N) is 1. The van der Waals surface area contributed by atoms with Gasteiger partial charge in [0.2, 0.25) is 5.91 Å². The molecule has 1 fully saturated rings. The van der Waals surface area contributed by atoms with Gasteiger partial charge in [-0.3, -0.25) is 9.59 Å². The quantitative estimate of drug-likeness (QED) is 0.659. The molecule has 0 saturated carbocycles. The number of terminal acetylenes is 1. The fourth-order valence-corrected chi connectivity index (χ4v) is 2.90. The van der Waals surface area contributed by atoms with Gasteiger partial charge in [0, 0.05) is 25.0 Å². The van der Waals surface area contributed by atoms with Crippen molar-refractivity contribution in [3.05, 3.63) is 0 Å². The second-order valence-corrected chi connectivity index (χ2v) is 6.57. The van der Waals surface area contributed by atoms with Crippen molar-refractivity contribution in [3.63, 3.8) is 0 Å². The summed E-state index contributed by atoms with van der Waals surface area (Å²) in [4.78, 5) is 47.5. The first-order valence-corrected chi connectivity index (χ1v) is 8.29. The Morgan fingerprint density at radius 1 is 1.46 bits per heavy atom. The van der Waals surface area contributed by atoms with Gasteiger partial charge in [-0.1, -0.05) is 24.6 Å². The molecule has 2 amide bonds. The summed E-state index contributed by atoms with van der Waals surface area (Å²) in [5, 5.41) is 11.5. The van der Waals surface area contributed by atoms with Gasteiger partial charge in [-0.15, -0.1) is 6.42 Å². The normalized spacial score (nSPS) is 20.8. The Balaban J connectivity index is 2.69. The molecule has 0 radical (unpaired) electrons. The maximum Gasteiger partial charge on any atom is 0.408 e. The van der Waals surface area contributed by atoms with Crippen LogP contribution < -0.4 is 5.32 Å². The number of alkyl carbamates (subject to hydrolysis) is 1. The summed E-state index contributed by atoms with van der Waals surface area (Å²) in [6.07, 6.45) is 3.55. The Labute approximate surface area is 144 Å². The summed E-state index contributed by atoms with van der Waals surface area (Å²) in [6.45, 7) is 3.02. The number of thioether (sulfide) groups is 1. The van der Waals surface area contributed by atoms with Gasteiger partial charge in [-0.25, -0.2) is 9.59 Å². The molecule has 1 saturated heterocycles. The number of carboxylic acids is 1. The molecule has 0 aliphatic carbocycles. The number of hydrogen-bond acceptors (Lipinski definition) is 6. The average Bonchev–Trinajstić information content (AvgIpc) is 2.93. The summed E-state index contributed by atoms with van der Waals surface area (Å²) in [6, 6.07) is -1.06. The van der Waals surface area contributed by atoms with Gasteiger partial charge in [0.15, 0.2) is 5.12 Å². The summed E-state index contributed by atoms with van der Waals surface area (Å²) >= 11 is 1.01. The van der Waals surface area contributed by atoms with E-state index in [-0.39, 0.29) is 36.3 Å². The molecule has 3 atom stereocenters. The lowest BCUT2D eigenvalue weighted by Crippen LogP contribution is -2.43. The number of ether oxygens (including phenoxy) is 1. The van der Waals surface area contributed by atoms with Crippen LogP contribution in [0.25, 0.3) is 0 Å². The number of amides is 2. The van der Waals surface area contributed by atoms with Crippen LogP contribution in [0.1, 0.15) is 20.3 Å². The predicted molar refractivity (Wildman–Crippen MR) is 87.2 cm³/mol. The highest BCUT2D eigenvalue weighted by Crippen LogP contribution is 2.24. The zero-order chi connectivity index (χ0) is 18.3. The van der Waals surface area contributed by atoms with E-state index in [1.165, 1.54) is 11.8 Å². The fourth-order valence-electron chi connectivity index (χ4n) is 2.27. The standard InChI is InChI=1S/C15H20N2O6S/c1-4-5-16-15(22)23-11-6-12(14(20)21)17(7-11)13(19)9(2)8-24-10(3)18/h1,9,11-12H,5-8H2,2-3H3,(H,16,22)(H,20,21)/t9?,11-,12+/m1/s1. The zero-order valence-electron chi connectivity index (χ0n) is 13.5. The fraction of sp³-hybridized carbons (Fsp3) is 0.600. The maximum atomic E-state index is 12.4. The van der Waals surface area contributed by atoms with Crippen LogP contribution in [-0.4, -0.2) is 64.1 Å². The van der Waals surface area contributed by atoms with E-state index in [4.69, 9.17) is 11.2 Å². The number of nitrogens with one attached hydrogen (secondary N) is 1. The van der Waals surface area contributed by atoms with E-state index >= 15 is 0 Å². The summed E-state index contributed by atoms with van der Waals surface area (Å²) in [7, 11) is 0. The van der Waals surface area contributed by atoms with Crippen molar-refractivity contribution < 1.29 is 29.0 Å². The molecule has 8 nitrogen and oxygen atoms in total. The van der Waals surface area contributed by atoms with Crippen LogP contribution in [0.15, 0.2) is 0 Å². The highest BCUT2D eigenvalue weighted by Gasteiger charge is 2.42. The lowest BCUT2D eigenvalue weighted by atomic mass is 10.1. The Kier molecular flexibility index (Phi) is 7.58. The molecule has 1 unspecified atom stereocenters. The molecule has 0 bridgehead atoms. The third-order valence-electron chi connectivity index (χ3n) is 3.40. The van der Waals surface area contributed by atoms with E-state index in [0.717, 1.165) is 11.8 Å². The van der Waals surface area contributed by atoms with Crippen molar-refractivity contribution in [2.75, 3.05) is 18.8 Å². The summed E-state index contributed by atoms with van der Waals surface area (Å²) in [5.74, 6) is 0.420. The monoisotopic (exact) mass is 356 g/mol. The molecule has 132 valence electrons. The molecule has 0 spiro atoms. The molecular formula is C15H20N2O6S. The van der Waals surface area contributed by atoms with Crippen molar-refractivity contribution >= 4 is 34.8 Å². The van der Waals surface area contributed by atoms with E-state index in [1.807, 2.05) is 0 Å². The number of rotatable bonds is 6. The van der Waals surface area contributed by atoms with Gasteiger partial charge in [0.05, 0.1) is 13.1 Å². The van der Waals surface area contributed by atoms with Crippen LogP contribution >= 0.6 is 11.8 Å². The van der Waals surface area contributed by atoms with Crippen LogP contribution in [0.5, 0.6) is 0 Å². The smallest absolute Gasteiger partial charge is 0.408 e. The third-order valence-corrected chi connectivity index (χ3v) is 4.47. The van der Waals surface area contributed by atoms with Gasteiger partial charge in [-0.05, 0) is 0 Å². The van der Waals surface area contributed by atoms with Gasteiger partial charge in [-0.2, -0.15) is 0 Å². The van der Waals surface area contributed by atoms with E-state index in [1.54, 1.807) is 6.92 Å². The number of carbonyl (C=O) groups is 4. The number of hydrogen-bond donors (Lipinski definition) is 2. The van der Waals surface area contributed by atoms with Gasteiger partial charge in [0.1, 0.15) is 12.1 Å². The second-order valence-electron chi connectivity index (χ2n) is 5.37. The first-order chi connectivity index (χ1) is 11.3. The van der Waals surface area contributed by atoms with Crippen LogP contribution in [-0.2, 0) is 19.1 Å². The minimum Gasteiger partial charge on any atom is -0.480 e. The lowest BCUT2D eigenvalue weighted by Gasteiger charge is -2.24. The van der Waals surface area contributed by atoms with E-state index in [0.29, 0.717) is 0 Å². The highest BCUT2D eigenvalue weighted by molar-refractivity contribution is 8.13. The van der Waals surface area contributed by atoms with Crippen LogP contribution in [0.2, 0.25) is 0 Å². The number of aliphatic carboxylic acids is 1. The molecule has 1 aliphatic rings. The first kappa shape index (κ1) is 19.8. The minimum atomic E-state index is -1.16. The van der Waals surface area contributed by atoms with Crippen molar-refractivity contribution in [2.24, 2.45) is 5.92 Å². The van der Waals surface area contributed by atoms with Crippen molar-refractivity contribution in [2.45, 2.75) is 32.4 Å². The molecule has 1 rings (SSSR count). The molecule has 0 aromatic carbocycles. The second kappa shape index (κ2) is 9.17. The van der Waals surface area contributed by atoms with Crippen LogP contribution in [0, 0.1) is 18.3 Å². The Morgan fingerprint density at radius 3 is 2.67 bits per heavy atom. The molecule has 1 aliphatic heterocycles. The van der Waals surface area contributed by atoms with Crippen molar-refractivity contribution in [1.82, 2.24) is 10.2 Å². The molecule has 1 heterocycles. The van der Waals surface area contributed by atoms with E-state index in [2.05, 4.69) is 11.2 Å². The average molecular weight is 356 g/mol.